The lowest BCUT2D eigenvalue weighted by molar-refractivity contribution is 0.251. The van der Waals surface area contributed by atoms with Crippen LogP contribution >= 0.6 is 27.5 Å². The van der Waals surface area contributed by atoms with Gasteiger partial charge in [-0.15, -0.1) is 0 Å². The second-order valence-electron chi connectivity index (χ2n) is 4.06. The summed E-state index contributed by atoms with van der Waals surface area (Å²) in [5, 5.41) is 0.150. The molecule has 0 amide bonds. The lowest BCUT2D eigenvalue weighted by atomic mass is 9.64. The van der Waals surface area contributed by atoms with Crippen LogP contribution in [0, 0.1) is 5.82 Å². The van der Waals surface area contributed by atoms with Crippen LogP contribution in [0.5, 0.6) is 0 Å². The van der Waals surface area contributed by atoms with Gasteiger partial charge in [0.2, 0.25) is 0 Å². The van der Waals surface area contributed by atoms with Crippen LogP contribution in [0.15, 0.2) is 16.6 Å². The van der Waals surface area contributed by atoms with Gasteiger partial charge >= 0.3 is 0 Å². The van der Waals surface area contributed by atoms with Crippen molar-refractivity contribution in [3.05, 3.63) is 33.0 Å². The maximum absolute atomic E-state index is 13.6. The minimum Gasteiger partial charge on any atom is -0.330 e. The molecule has 0 radical (unpaired) electrons. The van der Waals surface area contributed by atoms with Crippen molar-refractivity contribution in [2.75, 3.05) is 6.54 Å². The van der Waals surface area contributed by atoms with Crippen LogP contribution in [0.4, 0.5) is 4.39 Å². The SMILES string of the molecule is NCC1(c2ccc(Cl)c(F)c2Br)CCC1. The van der Waals surface area contributed by atoms with Gasteiger partial charge in [-0.25, -0.2) is 4.39 Å². The van der Waals surface area contributed by atoms with Gasteiger partial charge in [0, 0.05) is 12.0 Å². The normalized spacial score (nSPS) is 18.7. The fourth-order valence-electron chi connectivity index (χ4n) is 2.12. The molecule has 0 aromatic heterocycles. The summed E-state index contributed by atoms with van der Waals surface area (Å²) in [4.78, 5) is 0. The predicted octanol–water partition coefficient (Wildman–Crippen LogP) is 3.62. The molecular formula is C11H12BrClFN. The Kier molecular flexibility index (Phi) is 3.06. The minimum atomic E-state index is -0.381. The van der Waals surface area contributed by atoms with Gasteiger partial charge in [0.1, 0.15) is 0 Å². The summed E-state index contributed by atoms with van der Waals surface area (Å²) >= 11 is 8.97. The number of hydrogen-bond acceptors (Lipinski definition) is 1. The molecule has 4 heteroatoms. The number of rotatable bonds is 2. The van der Waals surface area contributed by atoms with Gasteiger partial charge in [0.05, 0.1) is 9.50 Å². The molecule has 0 aliphatic heterocycles. The highest BCUT2D eigenvalue weighted by molar-refractivity contribution is 9.10. The first-order valence-corrected chi connectivity index (χ1v) is 6.12. The molecule has 1 aliphatic rings. The largest absolute Gasteiger partial charge is 0.330 e. The average Bonchev–Trinajstić information content (AvgIpc) is 2.17. The van der Waals surface area contributed by atoms with E-state index in [0.29, 0.717) is 11.0 Å². The van der Waals surface area contributed by atoms with Gasteiger partial charge in [-0.05, 0) is 40.4 Å². The van der Waals surface area contributed by atoms with E-state index in [1.54, 1.807) is 6.07 Å². The summed E-state index contributed by atoms with van der Waals surface area (Å²) in [7, 11) is 0. The highest BCUT2D eigenvalue weighted by Crippen LogP contribution is 2.46. The van der Waals surface area contributed by atoms with Crippen molar-refractivity contribution in [2.24, 2.45) is 5.73 Å². The molecule has 2 rings (SSSR count). The Balaban J connectivity index is 2.49. The van der Waals surface area contributed by atoms with Crippen molar-refractivity contribution >= 4 is 27.5 Å². The van der Waals surface area contributed by atoms with E-state index in [0.717, 1.165) is 24.8 Å². The van der Waals surface area contributed by atoms with Crippen LogP contribution in [0.2, 0.25) is 5.02 Å². The van der Waals surface area contributed by atoms with Crippen LogP contribution < -0.4 is 5.73 Å². The zero-order chi connectivity index (χ0) is 11.1. The van der Waals surface area contributed by atoms with E-state index in [1.807, 2.05) is 6.07 Å². The third-order valence-electron chi connectivity index (χ3n) is 3.31. The number of nitrogens with two attached hydrogens (primary N) is 1. The second-order valence-corrected chi connectivity index (χ2v) is 5.26. The molecule has 1 aromatic rings. The summed E-state index contributed by atoms with van der Waals surface area (Å²) in [5.74, 6) is -0.381. The van der Waals surface area contributed by atoms with Gasteiger partial charge in [-0.2, -0.15) is 0 Å². The Morgan fingerprint density at radius 3 is 2.60 bits per heavy atom. The molecule has 0 saturated heterocycles. The topological polar surface area (TPSA) is 26.0 Å². The van der Waals surface area contributed by atoms with Crippen molar-refractivity contribution in [3.63, 3.8) is 0 Å². The Hall–Kier alpha value is -0.120. The van der Waals surface area contributed by atoms with Crippen LogP contribution in [0.1, 0.15) is 24.8 Å². The summed E-state index contributed by atoms with van der Waals surface area (Å²) in [5.41, 5.74) is 6.70. The van der Waals surface area contributed by atoms with E-state index in [1.165, 1.54) is 0 Å². The average molecular weight is 293 g/mol. The molecule has 1 fully saturated rings. The number of hydrogen-bond donors (Lipinski definition) is 1. The van der Waals surface area contributed by atoms with E-state index in [4.69, 9.17) is 17.3 Å². The standard InChI is InChI=1S/C11H12BrClFN/c12-9-7(2-3-8(13)10(9)14)11(6-15)4-1-5-11/h2-3H,1,4-6,15H2. The molecule has 1 aliphatic carbocycles. The van der Waals surface area contributed by atoms with Gasteiger partial charge in [0.25, 0.3) is 0 Å². The number of halogens is 3. The highest BCUT2D eigenvalue weighted by Gasteiger charge is 2.39. The molecule has 82 valence electrons. The zero-order valence-corrected chi connectivity index (χ0v) is 10.5. The maximum Gasteiger partial charge on any atom is 0.156 e. The van der Waals surface area contributed by atoms with Gasteiger partial charge in [-0.1, -0.05) is 24.1 Å². The van der Waals surface area contributed by atoms with E-state index >= 15 is 0 Å². The van der Waals surface area contributed by atoms with Crippen molar-refractivity contribution in [2.45, 2.75) is 24.7 Å². The van der Waals surface area contributed by atoms with E-state index in [2.05, 4.69) is 15.9 Å². The van der Waals surface area contributed by atoms with E-state index in [9.17, 15) is 4.39 Å². The Labute approximate surface area is 102 Å². The lowest BCUT2D eigenvalue weighted by Crippen LogP contribution is -2.41. The predicted molar refractivity (Wildman–Crippen MR) is 63.7 cm³/mol. The van der Waals surface area contributed by atoms with Crippen LogP contribution in [-0.2, 0) is 5.41 Å². The molecule has 1 nitrogen and oxygen atoms in total. The van der Waals surface area contributed by atoms with Crippen LogP contribution in [0.3, 0.4) is 0 Å². The maximum atomic E-state index is 13.6. The van der Waals surface area contributed by atoms with E-state index < -0.39 is 0 Å². The first-order chi connectivity index (χ1) is 7.10. The molecule has 1 aromatic carbocycles. The van der Waals surface area contributed by atoms with Crippen molar-refractivity contribution < 1.29 is 4.39 Å². The molecular weight excluding hydrogens is 280 g/mol. The third kappa shape index (κ3) is 1.71. The molecule has 0 unspecified atom stereocenters. The fraction of sp³-hybridized carbons (Fsp3) is 0.455. The van der Waals surface area contributed by atoms with Crippen LogP contribution in [-0.4, -0.2) is 6.54 Å². The molecule has 2 N–H and O–H groups in total. The van der Waals surface area contributed by atoms with E-state index in [-0.39, 0.29) is 16.3 Å². The zero-order valence-electron chi connectivity index (χ0n) is 8.19. The minimum absolute atomic E-state index is 0.0374. The van der Waals surface area contributed by atoms with Gasteiger partial charge < -0.3 is 5.73 Å². The Morgan fingerprint density at radius 1 is 1.47 bits per heavy atom. The first-order valence-electron chi connectivity index (χ1n) is 4.95. The second kappa shape index (κ2) is 4.04. The summed E-state index contributed by atoms with van der Waals surface area (Å²) in [6.07, 6.45) is 3.22. The highest BCUT2D eigenvalue weighted by atomic mass is 79.9. The Morgan fingerprint density at radius 2 is 2.13 bits per heavy atom. The van der Waals surface area contributed by atoms with Crippen molar-refractivity contribution in [1.29, 1.82) is 0 Å². The summed E-state index contributed by atoms with van der Waals surface area (Å²) < 4.78 is 14.1. The summed E-state index contributed by atoms with van der Waals surface area (Å²) in [6, 6.07) is 3.48. The number of benzene rings is 1. The smallest absolute Gasteiger partial charge is 0.156 e. The third-order valence-corrected chi connectivity index (χ3v) is 4.38. The molecule has 0 spiro atoms. The molecule has 15 heavy (non-hydrogen) atoms. The fourth-order valence-corrected chi connectivity index (χ4v) is 3.16. The van der Waals surface area contributed by atoms with Gasteiger partial charge in [0.15, 0.2) is 5.82 Å². The lowest BCUT2D eigenvalue weighted by Gasteiger charge is -2.42. The van der Waals surface area contributed by atoms with Gasteiger partial charge in [-0.3, -0.25) is 0 Å². The van der Waals surface area contributed by atoms with Crippen LogP contribution in [0.25, 0.3) is 0 Å². The molecule has 0 heterocycles. The van der Waals surface area contributed by atoms with Crippen molar-refractivity contribution in [3.8, 4) is 0 Å². The summed E-state index contributed by atoms with van der Waals surface area (Å²) in [6.45, 7) is 0.562. The monoisotopic (exact) mass is 291 g/mol. The Bertz CT molecular complexity index is 385. The molecule has 0 bridgehead atoms. The first kappa shape index (κ1) is 11.4. The molecule has 0 atom stereocenters. The molecule has 1 saturated carbocycles. The quantitative estimate of drug-likeness (QED) is 0.828. The van der Waals surface area contributed by atoms with Crippen molar-refractivity contribution in [1.82, 2.24) is 0 Å².